The number of benzene rings is 1. The fourth-order valence-electron chi connectivity index (χ4n) is 1.02. The lowest BCUT2D eigenvalue weighted by Gasteiger charge is -2.08. The second-order valence-electron chi connectivity index (χ2n) is 2.54. The first-order valence-electron chi connectivity index (χ1n) is 3.70. The predicted octanol–water partition coefficient (Wildman–Crippen LogP) is 2.61. The van der Waals surface area contributed by atoms with Crippen molar-refractivity contribution in [2.24, 2.45) is 0 Å². The third-order valence-corrected chi connectivity index (χ3v) is 1.69. The molecule has 0 unspecified atom stereocenters. The number of ether oxygens (including phenoxy) is 1. The van der Waals surface area contributed by atoms with Crippen molar-refractivity contribution in [3.8, 4) is 11.8 Å². The van der Waals surface area contributed by atoms with Gasteiger partial charge in [-0.1, -0.05) is 0 Å². The molecule has 1 rings (SSSR count). The number of halogens is 3. The van der Waals surface area contributed by atoms with Crippen molar-refractivity contribution in [2.45, 2.75) is 13.5 Å². The molecule has 14 heavy (non-hydrogen) atoms. The van der Waals surface area contributed by atoms with E-state index in [1.165, 1.54) is 6.92 Å². The highest BCUT2D eigenvalue weighted by molar-refractivity contribution is 5.46. The predicted molar refractivity (Wildman–Crippen MR) is 42.5 cm³/mol. The molecule has 0 radical (unpaired) electrons. The first-order chi connectivity index (χ1) is 6.56. The van der Waals surface area contributed by atoms with Gasteiger partial charge in [0.2, 0.25) is 0 Å². The van der Waals surface area contributed by atoms with Crippen LogP contribution in [0.4, 0.5) is 13.2 Å². The maximum absolute atomic E-state index is 12.9. The lowest BCUT2D eigenvalue weighted by molar-refractivity contribution is -0.0503. The number of nitriles is 1. The topological polar surface area (TPSA) is 33.0 Å². The molecule has 0 aliphatic carbocycles. The van der Waals surface area contributed by atoms with E-state index in [1.807, 2.05) is 0 Å². The van der Waals surface area contributed by atoms with Crippen molar-refractivity contribution in [2.75, 3.05) is 0 Å². The van der Waals surface area contributed by atoms with Gasteiger partial charge in [0, 0.05) is 5.56 Å². The quantitative estimate of drug-likeness (QED) is 0.736. The molecule has 0 aromatic heterocycles. The van der Waals surface area contributed by atoms with E-state index in [4.69, 9.17) is 5.26 Å². The van der Waals surface area contributed by atoms with Crippen LogP contribution in [-0.4, -0.2) is 6.61 Å². The Kier molecular flexibility index (Phi) is 2.97. The van der Waals surface area contributed by atoms with E-state index < -0.39 is 12.4 Å². The van der Waals surface area contributed by atoms with Gasteiger partial charge < -0.3 is 4.74 Å². The fourth-order valence-corrected chi connectivity index (χ4v) is 1.02. The molecule has 0 atom stereocenters. The summed E-state index contributed by atoms with van der Waals surface area (Å²) in [7, 11) is 0. The summed E-state index contributed by atoms with van der Waals surface area (Å²) >= 11 is 0. The van der Waals surface area contributed by atoms with E-state index in [2.05, 4.69) is 4.74 Å². The molecule has 2 nitrogen and oxygen atoms in total. The summed E-state index contributed by atoms with van der Waals surface area (Å²) in [6.45, 7) is -1.63. The molecule has 0 aliphatic rings. The van der Waals surface area contributed by atoms with Gasteiger partial charge in [0.15, 0.2) is 0 Å². The van der Waals surface area contributed by atoms with Crippen LogP contribution < -0.4 is 4.74 Å². The molecule has 0 N–H and O–H groups in total. The van der Waals surface area contributed by atoms with Crippen LogP contribution in [0.25, 0.3) is 0 Å². The maximum atomic E-state index is 12.9. The number of rotatable bonds is 2. The molecule has 0 bridgehead atoms. The molecule has 1 aromatic rings. The van der Waals surface area contributed by atoms with Crippen molar-refractivity contribution < 1.29 is 17.9 Å². The average Bonchev–Trinajstić information content (AvgIpc) is 2.10. The first-order valence-corrected chi connectivity index (χ1v) is 3.70. The monoisotopic (exact) mass is 201 g/mol. The van der Waals surface area contributed by atoms with Crippen LogP contribution in [-0.2, 0) is 0 Å². The summed E-state index contributed by atoms with van der Waals surface area (Å²) in [5.41, 5.74) is -0.198. The Labute approximate surface area is 78.5 Å². The second-order valence-corrected chi connectivity index (χ2v) is 2.54. The minimum atomic E-state index is -2.98. The molecule has 0 heterocycles. The van der Waals surface area contributed by atoms with Gasteiger partial charge in [-0.3, -0.25) is 0 Å². The standard InChI is InChI=1S/C9H6F3NO/c1-5-6(4-13)7(10)2-3-8(5)14-9(11)12/h2-3,9H,1H3. The molecule has 1 aromatic carbocycles. The fraction of sp³-hybridized carbons (Fsp3) is 0.222. The third kappa shape index (κ3) is 1.96. The Hall–Kier alpha value is -1.70. The second kappa shape index (κ2) is 4.01. The van der Waals surface area contributed by atoms with Crippen molar-refractivity contribution in [1.29, 1.82) is 5.26 Å². The Morgan fingerprint density at radius 2 is 2.07 bits per heavy atom. The van der Waals surface area contributed by atoms with Crippen LogP contribution in [0.5, 0.6) is 5.75 Å². The SMILES string of the molecule is Cc1c(OC(F)F)ccc(F)c1C#N. The van der Waals surface area contributed by atoms with E-state index in [0.717, 1.165) is 12.1 Å². The van der Waals surface area contributed by atoms with E-state index in [0.29, 0.717) is 0 Å². The van der Waals surface area contributed by atoms with Gasteiger partial charge in [-0.25, -0.2) is 4.39 Å². The van der Waals surface area contributed by atoms with Crippen LogP contribution in [0.2, 0.25) is 0 Å². The van der Waals surface area contributed by atoms with Crippen molar-refractivity contribution in [3.05, 3.63) is 29.1 Å². The summed E-state index contributed by atoms with van der Waals surface area (Å²) < 4.78 is 40.7. The summed E-state index contributed by atoms with van der Waals surface area (Å²) in [4.78, 5) is 0. The minimum absolute atomic E-state index is 0.0767. The van der Waals surface area contributed by atoms with Crippen molar-refractivity contribution in [3.63, 3.8) is 0 Å². The summed E-state index contributed by atoms with van der Waals surface area (Å²) in [5, 5.41) is 8.52. The molecular formula is C9H6F3NO. The maximum Gasteiger partial charge on any atom is 0.387 e. The minimum Gasteiger partial charge on any atom is -0.435 e. The number of alkyl halides is 2. The largest absolute Gasteiger partial charge is 0.435 e. The lowest BCUT2D eigenvalue weighted by atomic mass is 10.1. The van der Waals surface area contributed by atoms with Crippen molar-refractivity contribution >= 4 is 0 Å². The van der Waals surface area contributed by atoms with E-state index in [1.54, 1.807) is 6.07 Å². The van der Waals surface area contributed by atoms with Gasteiger partial charge in [-0.2, -0.15) is 14.0 Å². The Balaban J connectivity index is 3.16. The lowest BCUT2D eigenvalue weighted by Crippen LogP contribution is -2.04. The molecule has 74 valence electrons. The van der Waals surface area contributed by atoms with E-state index >= 15 is 0 Å². The van der Waals surface area contributed by atoms with Crippen molar-refractivity contribution in [1.82, 2.24) is 0 Å². The molecule has 0 spiro atoms. The molecule has 0 amide bonds. The zero-order valence-electron chi connectivity index (χ0n) is 7.22. The zero-order chi connectivity index (χ0) is 10.7. The summed E-state index contributed by atoms with van der Waals surface area (Å²) in [6.07, 6.45) is 0. The van der Waals surface area contributed by atoms with Crippen LogP contribution >= 0.6 is 0 Å². The highest BCUT2D eigenvalue weighted by Gasteiger charge is 2.13. The summed E-state index contributed by atoms with van der Waals surface area (Å²) in [5.74, 6) is -0.926. The molecular weight excluding hydrogens is 195 g/mol. The van der Waals surface area contributed by atoms with Crippen LogP contribution in [0.1, 0.15) is 11.1 Å². The zero-order valence-corrected chi connectivity index (χ0v) is 7.22. The molecule has 0 saturated carbocycles. The van der Waals surface area contributed by atoms with Gasteiger partial charge >= 0.3 is 6.61 Å². The van der Waals surface area contributed by atoms with Crippen LogP contribution in [0, 0.1) is 24.1 Å². The Morgan fingerprint density at radius 3 is 2.57 bits per heavy atom. The van der Waals surface area contributed by atoms with E-state index in [-0.39, 0.29) is 16.9 Å². The smallest absolute Gasteiger partial charge is 0.387 e. The average molecular weight is 201 g/mol. The highest BCUT2D eigenvalue weighted by Crippen LogP contribution is 2.24. The first kappa shape index (κ1) is 10.4. The normalized spacial score (nSPS) is 10.0. The van der Waals surface area contributed by atoms with Gasteiger partial charge in [0.1, 0.15) is 17.6 Å². The van der Waals surface area contributed by atoms with Crippen LogP contribution in [0.3, 0.4) is 0 Å². The Bertz CT molecular complexity index is 384. The van der Waals surface area contributed by atoms with Crippen LogP contribution in [0.15, 0.2) is 12.1 Å². The summed E-state index contributed by atoms with van der Waals surface area (Å²) in [6, 6.07) is 3.56. The Morgan fingerprint density at radius 1 is 1.43 bits per heavy atom. The molecule has 0 fully saturated rings. The highest BCUT2D eigenvalue weighted by atomic mass is 19.3. The molecule has 0 saturated heterocycles. The number of hydrogen-bond donors (Lipinski definition) is 0. The molecule has 5 heteroatoms. The number of hydrogen-bond acceptors (Lipinski definition) is 2. The van der Waals surface area contributed by atoms with Gasteiger partial charge in [-0.15, -0.1) is 0 Å². The molecule has 0 aliphatic heterocycles. The van der Waals surface area contributed by atoms with Gasteiger partial charge in [0.05, 0.1) is 5.56 Å². The number of nitrogens with zero attached hydrogens (tertiary/aromatic N) is 1. The van der Waals surface area contributed by atoms with Gasteiger partial charge in [-0.05, 0) is 19.1 Å². The third-order valence-electron chi connectivity index (χ3n) is 1.69. The van der Waals surface area contributed by atoms with E-state index in [9.17, 15) is 13.2 Å². The van der Waals surface area contributed by atoms with Gasteiger partial charge in [0.25, 0.3) is 0 Å².